The Labute approximate surface area is 188 Å². The first-order chi connectivity index (χ1) is 15.4. The zero-order valence-corrected chi connectivity index (χ0v) is 18.4. The Hall–Kier alpha value is -3.73. The molecular formula is C24H28N4O4. The van der Waals surface area contributed by atoms with Gasteiger partial charge in [-0.1, -0.05) is 13.0 Å². The quantitative estimate of drug-likeness (QED) is 0.628. The maximum absolute atomic E-state index is 11.9. The summed E-state index contributed by atoms with van der Waals surface area (Å²) in [6, 6.07) is 15.4. The van der Waals surface area contributed by atoms with Crippen molar-refractivity contribution in [2.24, 2.45) is 0 Å². The van der Waals surface area contributed by atoms with Crippen molar-refractivity contribution >= 4 is 29.1 Å². The lowest BCUT2D eigenvalue weighted by Gasteiger charge is -2.36. The van der Waals surface area contributed by atoms with Gasteiger partial charge in [0, 0.05) is 31.9 Å². The van der Waals surface area contributed by atoms with Crippen LogP contribution in [0.2, 0.25) is 0 Å². The van der Waals surface area contributed by atoms with Crippen LogP contribution in [0.15, 0.2) is 42.5 Å². The number of hydrogen-bond acceptors (Lipinski definition) is 6. The topological polar surface area (TPSA) is 106 Å². The number of carbonyl (C=O) groups is 2. The molecule has 1 amide bonds. The zero-order chi connectivity index (χ0) is 23.1. The highest BCUT2D eigenvalue weighted by Crippen LogP contribution is 2.35. The molecule has 1 fully saturated rings. The van der Waals surface area contributed by atoms with Crippen molar-refractivity contribution in [1.29, 1.82) is 5.26 Å². The van der Waals surface area contributed by atoms with E-state index in [0.29, 0.717) is 38.2 Å². The van der Waals surface area contributed by atoms with E-state index in [1.807, 2.05) is 37.3 Å². The highest BCUT2D eigenvalue weighted by Gasteiger charge is 2.23. The zero-order valence-electron chi connectivity index (χ0n) is 18.4. The fraction of sp³-hybridized carbons (Fsp3) is 0.375. The summed E-state index contributed by atoms with van der Waals surface area (Å²) in [5.74, 6) is -0.214. The Morgan fingerprint density at radius 1 is 1.16 bits per heavy atom. The Balaban J connectivity index is 1.91. The summed E-state index contributed by atoms with van der Waals surface area (Å²) in [7, 11) is 1.40. The number of methoxy groups -OCH3 is 1. The molecule has 0 spiro atoms. The summed E-state index contributed by atoms with van der Waals surface area (Å²) < 4.78 is 4.86. The highest BCUT2D eigenvalue weighted by molar-refractivity contribution is 5.77. The lowest BCUT2D eigenvalue weighted by molar-refractivity contribution is -0.141. The largest absolute Gasteiger partial charge is 0.469 e. The van der Waals surface area contributed by atoms with Gasteiger partial charge in [-0.15, -0.1) is 0 Å². The van der Waals surface area contributed by atoms with Crippen LogP contribution in [0, 0.1) is 11.3 Å². The molecule has 0 aliphatic carbocycles. The second kappa shape index (κ2) is 10.5. The molecule has 2 aromatic carbocycles. The van der Waals surface area contributed by atoms with Crippen molar-refractivity contribution in [1.82, 2.24) is 4.90 Å². The molecule has 2 aromatic rings. The fourth-order valence-corrected chi connectivity index (χ4v) is 3.89. The Bertz CT molecular complexity index is 992. The second-order valence-corrected chi connectivity index (χ2v) is 7.73. The number of ether oxygens (including phenoxy) is 1. The first kappa shape index (κ1) is 22.9. The van der Waals surface area contributed by atoms with Crippen LogP contribution in [0.5, 0.6) is 0 Å². The number of hydrogen-bond donors (Lipinski definition) is 2. The van der Waals surface area contributed by atoms with E-state index in [2.05, 4.69) is 16.3 Å². The van der Waals surface area contributed by atoms with Crippen LogP contribution < -0.4 is 10.2 Å². The molecule has 1 heterocycles. The van der Waals surface area contributed by atoms with Crippen molar-refractivity contribution in [3.8, 4) is 6.07 Å². The van der Waals surface area contributed by atoms with Gasteiger partial charge in [-0.05, 0) is 54.3 Å². The number of anilines is 3. The summed E-state index contributed by atoms with van der Waals surface area (Å²) >= 11 is 0. The van der Waals surface area contributed by atoms with E-state index in [9.17, 15) is 14.7 Å². The Morgan fingerprint density at radius 2 is 1.84 bits per heavy atom. The van der Waals surface area contributed by atoms with Gasteiger partial charge in [0.05, 0.1) is 36.5 Å². The Kier molecular flexibility index (Phi) is 7.55. The molecule has 0 aromatic heterocycles. The molecule has 8 nitrogen and oxygen atoms in total. The molecule has 0 bridgehead atoms. The molecule has 1 saturated heterocycles. The van der Waals surface area contributed by atoms with Crippen molar-refractivity contribution in [3.05, 3.63) is 53.6 Å². The SMILES string of the molecule is CCC(CC(=O)OC)c1ccc(N2CCN(C(=O)O)CC2)c(Nc2ccc(C#N)cc2)c1. The molecule has 0 radical (unpaired) electrons. The van der Waals surface area contributed by atoms with Gasteiger partial charge in [0.15, 0.2) is 0 Å². The summed E-state index contributed by atoms with van der Waals surface area (Å²) in [6.07, 6.45) is 0.201. The molecule has 168 valence electrons. The van der Waals surface area contributed by atoms with Gasteiger partial charge < -0.3 is 25.0 Å². The summed E-state index contributed by atoms with van der Waals surface area (Å²) in [4.78, 5) is 26.7. The normalized spacial score (nSPS) is 14.4. The fourth-order valence-electron chi connectivity index (χ4n) is 3.89. The molecule has 0 saturated carbocycles. The molecule has 1 atom stereocenters. The number of nitrogens with zero attached hydrogens (tertiary/aromatic N) is 3. The van der Waals surface area contributed by atoms with Gasteiger partial charge in [-0.3, -0.25) is 4.79 Å². The molecule has 32 heavy (non-hydrogen) atoms. The van der Waals surface area contributed by atoms with E-state index in [1.54, 1.807) is 12.1 Å². The minimum absolute atomic E-state index is 0.0295. The number of piperazine rings is 1. The molecule has 2 N–H and O–H groups in total. The van der Waals surface area contributed by atoms with Gasteiger partial charge in [0.1, 0.15) is 0 Å². The van der Waals surface area contributed by atoms with Crippen LogP contribution in [-0.4, -0.2) is 55.4 Å². The number of benzene rings is 2. The van der Waals surface area contributed by atoms with Crippen LogP contribution >= 0.6 is 0 Å². The molecule has 1 unspecified atom stereocenters. The molecule has 1 aliphatic heterocycles. The van der Waals surface area contributed by atoms with Crippen molar-refractivity contribution < 1.29 is 19.4 Å². The predicted molar refractivity (Wildman–Crippen MR) is 122 cm³/mol. The minimum Gasteiger partial charge on any atom is -0.469 e. The molecule has 8 heteroatoms. The number of carbonyl (C=O) groups excluding carboxylic acids is 1. The monoisotopic (exact) mass is 436 g/mol. The van der Waals surface area contributed by atoms with Crippen LogP contribution in [0.4, 0.5) is 21.9 Å². The number of rotatable bonds is 7. The number of esters is 1. The van der Waals surface area contributed by atoms with Crippen molar-refractivity contribution in [2.45, 2.75) is 25.7 Å². The van der Waals surface area contributed by atoms with Gasteiger partial charge in [-0.2, -0.15) is 5.26 Å². The van der Waals surface area contributed by atoms with Gasteiger partial charge in [-0.25, -0.2) is 4.79 Å². The minimum atomic E-state index is -0.899. The number of nitrogens with one attached hydrogen (secondary N) is 1. The smallest absolute Gasteiger partial charge is 0.407 e. The van der Waals surface area contributed by atoms with Crippen molar-refractivity contribution in [3.63, 3.8) is 0 Å². The molecule has 1 aliphatic rings. The number of amides is 1. The van der Waals surface area contributed by atoms with Crippen molar-refractivity contribution in [2.75, 3.05) is 43.5 Å². The Morgan fingerprint density at radius 3 is 2.41 bits per heavy atom. The van der Waals surface area contributed by atoms with Crippen LogP contribution in [0.1, 0.15) is 36.8 Å². The maximum atomic E-state index is 11.9. The first-order valence-corrected chi connectivity index (χ1v) is 10.7. The standard InChI is InChI=1S/C24H28N4O4/c1-3-18(15-23(29)32-2)19-6-9-22(27-10-12-28(13-11-27)24(30)31)21(14-19)26-20-7-4-17(16-25)5-8-20/h4-9,14,18,26H,3,10-13,15H2,1-2H3,(H,30,31). The predicted octanol–water partition coefficient (Wildman–Crippen LogP) is 4.16. The first-order valence-electron chi connectivity index (χ1n) is 10.7. The third kappa shape index (κ3) is 5.49. The highest BCUT2D eigenvalue weighted by atomic mass is 16.5. The number of nitriles is 1. The van der Waals surface area contributed by atoms with E-state index in [1.165, 1.54) is 12.0 Å². The summed E-state index contributed by atoms with van der Waals surface area (Å²) in [5.41, 5.74) is 4.29. The van der Waals surface area contributed by atoms with Crippen LogP contribution in [-0.2, 0) is 9.53 Å². The molecule has 3 rings (SSSR count). The maximum Gasteiger partial charge on any atom is 0.407 e. The van der Waals surface area contributed by atoms with Gasteiger partial charge >= 0.3 is 12.1 Å². The summed E-state index contributed by atoms with van der Waals surface area (Å²) in [6.45, 7) is 4.10. The van der Waals surface area contributed by atoms with Gasteiger partial charge in [0.25, 0.3) is 0 Å². The lowest BCUT2D eigenvalue weighted by Crippen LogP contribution is -2.48. The lowest BCUT2D eigenvalue weighted by atomic mass is 9.92. The number of carboxylic acid groups (broad SMARTS) is 1. The van der Waals surface area contributed by atoms with E-state index >= 15 is 0 Å². The average Bonchev–Trinajstić information content (AvgIpc) is 2.83. The summed E-state index contributed by atoms with van der Waals surface area (Å²) in [5, 5.41) is 21.7. The van der Waals surface area contributed by atoms with Gasteiger partial charge in [0.2, 0.25) is 0 Å². The van der Waals surface area contributed by atoms with E-state index in [4.69, 9.17) is 10.00 Å². The second-order valence-electron chi connectivity index (χ2n) is 7.73. The molecular weight excluding hydrogens is 408 g/mol. The third-order valence-corrected chi connectivity index (χ3v) is 5.81. The average molecular weight is 437 g/mol. The van der Waals surface area contributed by atoms with E-state index in [0.717, 1.165) is 29.0 Å². The third-order valence-electron chi connectivity index (χ3n) is 5.81. The van der Waals surface area contributed by atoms with Crippen LogP contribution in [0.25, 0.3) is 0 Å². The van der Waals surface area contributed by atoms with E-state index in [-0.39, 0.29) is 11.9 Å². The van der Waals surface area contributed by atoms with E-state index < -0.39 is 6.09 Å². The van der Waals surface area contributed by atoms with Crippen LogP contribution in [0.3, 0.4) is 0 Å².